The molecule has 0 fully saturated rings. The number of rotatable bonds is 3. The molecule has 0 unspecified atom stereocenters. The maximum Gasteiger partial charge on any atom is 0.149 e. The Balaban J connectivity index is 2.00. The maximum absolute atomic E-state index is 8.66. The summed E-state index contributed by atoms with van der Waals surface area (Å²) in [7, 11) is 0. The van der Waals surface area contributed by atoms with Gasteiger partial charge in [0.05, 0.1) is 18.2 Å². The molecule has 5 nitrogen and oxygen atoms in total. The molecule has 0 bridgehead atoms. The normalized spacial score (nSPS) is 9.59. The van der Waals surface area contributed by atoms with Crippen molar-refractivity contribution in [1.82, 2.24) is 9.97 Å². The highest BCUT2D eigenvalue weighted by Gasteiger charge is 1.97. The van der Waals surface area contributed by atoms with Gasteiger partial charge in [0.15, 0.2) is 0 Å². The molecule has 0 saturated heterocycles. The zero-order chi connectivity index (χ0) is 12.1. The summed E-state index contributed by atoms with van der Waals surface area (Å²) in [5, 5.41) is 11.8. The third-order valence-electron chi connectivity index (χ3n) is 2.19. The number of aromatic nitrogens is 2. The van der Waals surface area contributed by atoms with Gasteiger partial charge in [-0.2, -0.15) is 5.26 Å². The fourth-order valence-electron chi connectivity index (χ4n) is 1.34. The Kier molecular flexibility index (Phi) is 3.17. The van der Waals surface area contributed by atoms with E-state index in [0.29, 0.717) is 23.8 Å². The molecular weight excluding hydrogens is 214 g/mol. The highest BCUT2D eigenvalue weighted by molar-refractivity contribution is 5.47. The van der Waals surface area contributed by atoms with E-state index in [1.54, 1.807) is 24.4 Å². The minimum Gasteiger partial charge on any atom is -0.384 e. The van der Waals surface area contributed by atoms with Crippen LogP contribution < -0.4 is 11.1 Å². The molecule has 2 aromatic rings. The van der Waals surface area contributed by atoms with Crippen LogP contribution in [-0.2, 0) is 6.54 Å². The van der Waals surface area contributed by atoms with Crippen LogP contribution in [0.5, 0.6) is 0 Å². The molecule has 0 aliphatic heterocycles. The second kappa shape index (κ2) is 4.94. The Morgan fingerprint density at radius 2 is 2.00 bits per heavy atom. The first kappa shape index (κ1) is 10.9. The van der Waals surface area contributed by atoms with Gasteiger partial charge in [-0.05, 0) is 30.3 Å². The monoisotopic (exact) mass is 225 g/mol. The molecule has 1 aromatic heterocycles. The minimum atomic E-state index is 0.455. The van der Waals surface area contributed by atoms with Crippen molar-refractivity contribution in [2.75, 3.05) is 11.1 Å². The van der Waals surface area contributed by atoms with Gasteiger partial charge >= 0.3 is 0 Å². The van der Waals surface area contributed by atoms with Gasteiger partial charge in [-0.15, -0.1) is 0 Å². The average molecular weight is 225 g/mol. The number of nitrogens with one attached hydrogen (secondary N) is 1. The third kappa shape index (κ3) is 2.92. The Hall–Kier alpha value is -2.61. The largest absolute Gasteiger partial charge is 0.384 e. The van der Waals surface area contributed by atoms with E-state index in [9.17, 15) is 0 Å². The lowest BCUT2D eigenvalue weighted by molar-refractivity contribution is 0.954. The van der Waals surface area contributed by atoms with Gasteiger partial charge in [0.25, 0.3) is 0 Å². The summed E-state index contributed by atoms with van der Waals surface area (Å²) >= 11 is 0. The van der Waals surface area contributed by atoms with Gasteiger partial charge in [-0.25, -0.2) is 9.97 Å². The van der Waals surface area contributed by atoms with Gasteiger partial charge in [0.2, 0.25) is 0 Å². The standard InChI is InChI=1S/C12H11N5/c13-7-9-1-3-10(4-2-9)16-8-12-15-6-5-11(14)17-12/h1-6,16H,8H2,(H2,14,15,17). The van der Waals surface area contributed by atoms with Gasteiger partial charge < -0.3 is 11.1 Å². The molecule has 2 rings (SSSR count). The molecule has 1 aromatic carbocycles. The minimum absolute atomic E-state index is 0.455. The van der Waals surface area contributed by atoms with Gasteiger partial charge in [0.1, 0.15) is 11.6 Å². The van der Waals surface area contributed by atoms with Crippen LogP contribution in [0.3, 0.4) is 0 Å². The highest BCUT2D eigenvalue weighted by atomic mass is 15.0. The number of benzene rings is 1. The van der Waals surface area contributed by atoms with Crippen molar-refractivity contribution in [3.05, 3.63) is 47.9 Å². The smallest absolute Gasteiger partial charge is 0.149 e. The second-order valence-corrected chi connectivity index (χ2v) is 3.44. The summed E-state index contributed by atoms with van der Waals surface area (Å²) in [6, 6.07) is 10.9. The van der Waals surface area contributed by atoms with Crippen molar-refractivity contribution in [3.8, 4) is 6.07 Å². The zero-order valence-electron chi connectivity index (χ0n) is 9.09. The predicted molar refractivity (Wildman–Crippen MR) is 64.9 cm³/mol. The number of anilines is 2. The number of hydrogen-bond donors (Lipinski definition) is 2. The molecule has 0 saturated carbocycles. The van der Waals surface area contributed by atoms with E-state index in [0.717, 1.165) is 5.69 Å². The Labute approximate surface area is 98.9 Å². The van der Waals surface area contributed by atoms with Crippen LogP contribution in [0.2, 0.25) is 0 Å². The molecule has 0 radical (unpaired) electrons. The van der Waals surface area contributed by atoms with E-state index in [1.165, 1.54) is 0 Å². The molecule has 17 heavy (non-hydrogen) atoms. The second-order valence-electron chi connectivity index (χ2n) is 3.44. The third-order valence-corrected chi connectivity index (χ3v) is 2.19. The van der Waals surface area contributed by atoms with Crippen molar-refractivity contribution in [2.45, 2.75) is 6.54 Å². The number of hydrogen-bond acceptors (Lipinski definition) is 5. The topological polar surface area (TPSA) is 87.6 Å². The molecule has 0 amide bonds. The molecule has 0 atom stereocenters. The number of nitrogens with zero attached hydrogens (tertiary/aromatic N) is 3. The predicted octanol–water partition coefficient (Wildman–Crippen LogP) is 1.54. The quantitative estimate of drug-likeness (QED) is 0.827. The maximum atomic E-state index is 8.66. The fraction of sp³-hybridized carbons (Fsp3) is 0.0833. The average Bonchev–Trinajstić information content (AvgIpc) is 2.37. The summed E-state index contributed by atoms with van der Waals surface area (Å²) in [5.41, 5.74) is 7.10. The lowest BCUT2D eigenvalue weighted by Crippen LogP contribution is -2.05. The summed E-state index contributed by atoms with van der Waals surface area (Å²) in [6.07, 6.45) is 1.62. The van der Waals surface area contributed by atoms with Gasteiger partial charge in [-0.1, -0.05) is 0 Å². The van der Waals surface area contributed by atoms with Crippen molar-refractivity contribution in [1.29, 1.82) is 5.26 Å². The van der Waals surface area contributed by atoms with Crippen LogP contribution in [0.4, 0.5) is 11.5 Å². The van der Waals surface area contributed by atoms with E-state index in [4.69, 9.17) is 11.0 Å². The molecule has 0 aliphatic carbocycles. The Bertz CT molecular complexity index is 542. The fourth-order valence-corrected chi connectivity index (χ4v) is 1.34. The molecule has 3 N–H and O–H groups in total. The SMILES string of the molecule is N#Cc1ccc(NCc2nccc(N)n2)cc1. The van der Waals surface area contributed by atoms with Crippen LogP contribution in [-0.4, -0.2) is 9.97 Å². The van der Waals surface area contributed by atoms with E-state index in [2.05, 4.69) is 21.4 Å². The van der Waals surface area contributed by atoms with Crippen LogP contribution in [0, 0.1) is 11.3 Å². The van der Waals surface area contributed by atoms with E-state index < -0.39 is 0 Å². The number of nitrogens with two attached hydrogens (primary N) is 1. The van der Waals surface area contributed by atoms with E-state index in [-0.39, 0.29) is 0 Å². The Morgan fingerprint density at radius 3 is 2.65 bits per heavy atom. The zero-order valence-corrected chi connectivity index (χ0v) is 9.09. The van der Waals surface area contributed by atoms with Gasteiger partial charge in [0, 0.05) is 11.9 Å². The summed E-state index contributed by atoms with van der Waals surface area (Å²) in [6.45, 7) is 0.497. The first-order valence-corrected chi connectivity index (χ1v) is 5.09. The lowest BCUT2D eigenvalue weighted by atomic mass is 10.2. The molecule has 1 heterocycles. The lowest BCUT2D eigenvalue weighted by Gasteiger charge is -2.05. The molecule has 84 valence electrons. The molecule has 5 heteroatoms. The Morgan fingerprint density at radius 1 is 1.24 bits per heavy atom. The first-order chi connectivity index (χ1) is 8.28. The highest BCUT2D eigenvalue weighted by Crippen LogP contribution is 2.09. The molecule has 0 spiro atoms. The van der Waals surface area contributed by atoms with Crippen molar-refractivity contribution >= 4 is 11.5 Å². The number of nitriles is 1. The van der Waals surface area contributed by atoms with Gasteiger partial charge in [-0.3, -0.25) is 0 Å². The van der Waals surface area contributed by atoms with Crippen LogP contribution in [0.15, 0.2) is 36.5 Å². The summed E-state index contributed by atoms with van der Waals surface area (Å²) < 4.78 is 0. The van der Waals surface area contributed by atoms with E-state index in [1.807, 2.05) is 12.1 Å². The molecular formula is C12H11N5. The van der Waals surface area contributed by atoms with Crippen LogP contribution in [0.25, 0.3) is 0 Å². The number of nitrogen functional groups attached to an aromatic ring is 1. The van der Waals surface area contributed by atoms with Crippen LogP contribution >= 0.6 is 0 Å². The first-order valence-electron chi connectivity index (χ1n) is 5.09. The summed E-state index contributed by atoms with van der Waals surface area (Å²) in [4.78, 5) is 8.16. The van der Waals surface area contributed by atoms with Crippen molar-refractivity contribution < 1.29 is 0 Å². The van der Waals surface area contributed by atoms with Crippen molar-refractivity contribution in [2.24, 2.45) is 0 Å². The van der Waals surface area contributed by atoms with Crippen LogP contribution in [0.1, 0.15) is 11.4 Å². The summed E-state index contributed by atoms with van der Waals surface area (Å²) in [5.74, 6) is 1.09. The van der Waals surface area contributed by atoms with Crippen molar-refractivity contribution in [3.63, 3.8) is 0 Å². The molecule has 0 aliphatic rings. The van der Waals surface area contributed by atoms with E-state index >= 15 is 0 Å².